The summed E-state index contributed by atoms with van der Waals surface area (Å²) in [5.41, 5.74) is 6.97. The molecule has 0 aliphatic heterocycles. The van der Waals surface area contributed by atoms with Gasteiger partial charge in [-0.15, -0.1) is 0 Å². The Hall–Kier alpha value is -1.71. The summed E-state index contributed by atoms with van der Waals surface area (Å²) >= 11 is 0. The summed E-state index contributed by atoms with van der Waals surface area (Å²) in [7, 11) is 1.56. The van der Waals surface area contributed by atoms with Crippen molar-refractivity contribution in [3.63, 3.8) is 0 Å². The maximum Gasteiger partial charge on any atom is 0.254 e. The van der Waals surface area contributed by atoms with Crippen molar-refractivity contribution in [2.24, 2.45) is 5.92 Å². The Bertz CT molecular complexity index is 467. The third kappa shape index (κ3) is 3.19. The number of hydrogen-bond donors (Lipinski definition) is 1. The Balaban J connectivity index is 2.20. The average Bonchev–Trinajstić information content (AvgIpc) is 3.19. The first-order valence-electron chi connectivity index (χ1n) is 6.77. The van der Waals surface area contributed by atoms with Gasteiger partial charge in [-0.25, -0.2) is 0 Å². The molecule has 1 aliphatic rings. The second kappa shape index (κ2) is 5.51. The number of nitrogens with zero attached hydrogens (tertiary/aromatic N) is 1. The average molecular weight is 262 g/mol. The van der Waals surface area contributed by atoms with E-state index in [9.17, 15) is 4.79 Å². The SMILES string of the molecule is COc1cc(C(=O)N(CC2CC2)C(C)C)ccc1N. The van der Waals surface area contributed by atoms with Gasteiger partial charge in [-0.05, 0) is 50.8 Å². The Morgan fingerprint density at radius 3 is 2.68 bits per heavy atom. The molecule has 2 rings (SSSR count). The van der Waals surface area contributed by atoms with E-state index in [1.54, 1.807) is 25.3 Å². The van der Waals surface area contributed by atoms with Crippen LogP contribution in [0, 0.1) is 5.92 Å². The van der Waals surface area contributed by atoms with Crippen LogP contribution in [-0.2, 0) is 0 Å². The number of amides is 1. The first-order valence-corrected chi connectivity index (χ1v) is 6.77. The van der Waals surface area contributed by atoms with Crippen LogP contribution in [0.3, 0.4) is 0 Å². The minimum Gasteiger partial charge on any atom is -0.495 e. The number of hydrogen-bond acceptors (Lipinski definition) is 3. The number of rotatable bonds is 5. The molecular formula is C15H22N2O2. The largest absolute Gasteiger partial charge is 0.495 e. The highest BCUT2D eigenvalue weighted by molar-refractivity contribution is 5.95. The zero-order chi connectivity index (χ0) is 14.0. The third-order valence-corrected chi connectivity index (χ3v) is 3.52. The van der Waals surface area contributed by atoms with E-state index >= 15 is 0 Å². The number of carbonyl (C=O) groups excluding carboxylic acids is 1. The first kappa shape index (κ1) is 13.7. The third-order valence-electron chi connectivity index (χ3n) is 3.52. The normalized spacial score (nSPS) is 14.5. The van der Waals surface area contributed by atoms with Crippen LogP contribution in [-0.4, -0.2) is 30.5 Å². The summed E-state index contributed by atoms with van der Waals surface area (Å²) < 4.78 is 5.17. The molecule has 0 bridgehead atoms. The van der Waals surface area contributed by atoms with Gasteiger partial charge in [0.05, 0.1) is 12.8 Å². The maximum atomic E-state index is 12.6. The highest BCUT2D eigenvalue weighted by Crippen LogP contribution is 2.31. The van der Waals surface area contributed by atoms with Crippen LogP contribution >= 0.6 is 0 Å². The van der Waals surface area contributed by atoms with E-state index in [-0.39, 0.29) is 11.9 Å². The molecule has 1 aromatic carbocycles. The maximum absolute atomic E-state index is 12.6. The quantitative estimate of drug-likeness (QED) is 0.830. The molecule has 0 saturated heterocycles. The monoisotopic (exact) mass is 262 g/mol. The van der Waals surface area contributed by atoms with Crippen LogP contribution in [0.2, 0.25) is 0 Å². The van der Waals surface area contributed by atoms with E-state index in [4.69, 9.17) is 10.5 Å². The molecule has 0 atom stereocenters. The molecule has 1 aliphatic carbocycles. The number of benzene rings is 1. The van der Waals surface area contributed by atoms with Gasteiger partial charge in [-0.2, -0.15) is 0 Å². The molecule has 0 heterocycles. The molecule has 1 aromatic rings. The van der Waals surface area contributed by atoms with Gasteiger partial charge in [0.2, 0.25) is 0 Å². The van der Waals surface area contributed by atoms with Gasteiger partial charge in [0.25, 0.3) is 5.91 Å². The van der Waals surface area contributed by atoms with E-state index in [0.717, 1.165) is 6.54 Å². The highest BCUT2D eigenvalue weighted by atomic mass is 16.5. The standard InChI is InChI=1S/C15H22N2O2/c1-10(2)17(9-11-4-5-11)15(18)12-6-7-13(16)14(8-12)19-3/h6-8,10-11H,4-5,9,16H2,1-3H3. The van der Waals surface area contributed by atoms with Gasteiger partial charge >= 0.3 is 0 Å². The molecule has 1 amide bonds. The van der Waals surface area contributed by atoms with Crippen LogP contribution in [0.5, 0.6) is 5.75 Å². The zero-order valence-electron chi connectivity index (χ0n) is 11.8. The zero-order valence-corrected chi connectivity index (χ0v) is 11.8. The van der Waals surface area contributed by atoms with Crippen molar-refractivity contribution in [2.75, 3.05) is 19.4 Å². The summed E-state index contributed by atoms with van der Waals surface area (Å²) in [6.45, 7) is 4.95. The molecule has 0 spiro atoms. The Labute approximate surface area is 114 Å². The van der Waals surface area contributed by atoms with E-state index in [2.05, 4.69) is 13.8 Å². The number of nitrogen functional groups attached to an aromatic ring is 1. The van der Waals surface area contributed by atoms with Crippen molar-refractivity contribution >= 4 is 11.6 Å². The van der Waals surface area contributed by atoms with E-state index in [1.165, 1.54) is 12.8 Å². The minimum absolute atomic E-state index is 0.0557. The van der Waals surface area contributed by atoms with Gasteiger partial charge in [-0.1, -0.05) is 0 Å². The predicted octanol–water partition coefficient (Wildman–Crippen LogP) is 2.54. The Morgan fingerprint density at radius 2 is 2.16 bits per heavy atom. The van der Waals surface area contributed by atoms with Gasteiger partial charge < -0.3 is 15.4 Å². The van der Waals surface area contributed by atoms with Crippen molar-refractivity contribution in [1.29, 1.82) is 0 Å². The van der Waals surface area contributed by atoms with E-state index in [1.807, 2.05) is 4.90 Å². The van der Waals surface area contributed by atoms with E-state index < -0.39 is 0 Å². The fourth-order valence-corrected chi connectivity index (χ4v) is 2.12. The van der Waals surface area contributed by atoms with Crippen LogP contribution in [0.4, 0.5) is 5.69 Å². The molecule has 0 unspecified atom stereocenters. The highest BCUT2D eigenvalue weighted by Gasteiger charge is 2.28. The second-order valence-corrected chi connectivity index (χ2v) is 5.45. The van der Waals surface area contributed by atoms with Crippen LogP contribution in [0.1, 0.15) is 37.0 Å². The van der Waals surface area contributed by atoms with Crippen molar-refractivity contribution in [1.82, 2.24) is 4.90 Å². The Kier molecular flexibility index (Phi) is 3.98. The van der Waals surface area contributed by atoms with Gasteiger partial charge in [0.1, 0.15) is 5.75 Å². The van der Waals surface area contributed by atoms with Gasteiger partial charge in [0, 0.05) is 18.2 Å². The summed E-state index contributed by atoms with van der Waals surface area (Å²) in [5.74, 6) is 1.29. The van der Waals surface area contributed by atoms with Crippen LogP contribution in [0.25, 0.3) is 0 Å². The summed E-state index contributed by atoms with van der Waals surface area (Å²) in [6, 6.07) is 5.42. The topological polar surface area (TPSA) is 55.6 Å². The lowest BCUT2D eigenvalue weighted by Crippen LogP contribution is -2.38. The summed E-state index contributed by atoms with van der Waals surface area (Å²) in [5, 5.41) is 0. The molecule has 4 heteroatoms. The summed E-state index contributed by atoms with van der Waals surface area (Å²) in [6.07, 6.45) is 2.48. The van der Waals surface area contributed by atoms with Crippen LogP contribution in [0.15, 0.2) is 18.2 Å². The molecule has 19 heavy (non-hydrogen) atoms. The first-order chi connectivity index (χ1) is 9.02. The van der Waals surface area contributed by atoms with Gasteiger partial charge in [-0.3, -0.25) is 4.79 Å². The molecule has 2 N–H and O–H groups in total. The fourth-order valence-electron chi connectivity index (χ4n) is 2.12. The van der Waals surface area contributed by atoms with Crippen molar-refractivity contribution in [3.05, 3.63) is 23.8 Å². The Morgan fingerprint density at radius 1 is 1.47 bits per heavy atom. The second-order valence-electron chi connectivity index (χ2n) is 5.45. The molecule has 1 saturated carbocycles. The lowest BCUT2D eigenvalue weighted by molar-refractivity contribution is 0.0696. The number of ether oxygens (including phenoxy) is 1. The number of carbonyl (C=O) groups is 1. The van der Waals surface area contributed by atoms with E-state index in [0.29, 0.717) is 22.9 Å². The lowest BCUT2D eigenvalue weighted by atomic mass is 10.1. The number of methoxy groups -OCH3 is 1. The summed E-state index contributed by atoms with van der Waals surface area (Å²) in [4.78, 5) is 14.5. The van der Waals surface area contributed by atoms with Crippen molar-refractivity contribution in [2.45, 2.75) is 32.7 Å². The predicted molar refractivity (Wildman–Crippen MR) is 76.3 cm³/mol. The molecule has 0 aromatic heterocycles. The van der Waals surface area contributed by atoms with Crippen molar-refractivity contribution < 1.29 is 9.53 Å². The minimum atomic E-state index is 0.0557. The van der Waals surface area contributed by atoms with Crippen LogP contribution < -0.4 is 10.5 Å². The molecule has 1 fully saturated rings. The molecule has 104 valence electrons. The molecular weight excluding hydrogens is 240 g/mol. The van der Waals surface area contributed by atoms with Gasteiger partial charge in [0.15, 0.2) is 0 Å². The number of nitrogens with two attached hydrogens (primary N) is 1. The lowest BCUT2D eigenvalue weighted by Gasteiger charge is -2.27. The molecule has 4 nitrogen and oxygen atoms in total. The number of anilines is 1. The van der Waals surface area contributed by atoms with Crippen molar-refractivity contribution in [3.8, 4) is 5.75 Å². The fraction of sp³-hybridized carbons (Fsp3) is 0.533. The smallest absolute Gasteiger partial charge is 0.254 e. The molecule has 0 radical (unpaired) electrons.